The number of carbonyl (C=O) groups is 1. The summed E-state index contributed by atoms with van der Waals surface area (Å²) in [5.74, 6) is -0.0911. The molecule has 2 aromatic heterocycles. The average Bonchev–Trinajstić information content (AvgIpc) is 3.48. The Hall–Kier alpha value is -4.23. The van der Waals surface area contributed by atoms with Gasteiger partial charge in [0.15, 0.2) is 23.3 Å². The summed E-state index contributed by atoms with van der Waals surface area (Å²) < 4.78 is 27.8. The van der Waals surface area contributed by atoms with Crippen molar-refractivity contribution in [1.29, 1.82) is 0 Å². The van der Waals surface area contributed by atoms with E-state index < -0.39 is 38.6 Å². The smallest absolute Gasteiger partial charge is 0.395 e. The maximum Gasteiger partial charge on any atom is 0.395 e. The number of nitrogen functional groups attached to an aromatic ring is 2. The SMILES string of the molecule is CCOC(=O)[C@@H](C)N=[P+]([O-])Oc1ccccc1OC[C@H]1O[C@@H](n2cnc3c(N)nc(N)nc32)C[C@@H]1N=[N+]=[N-]. The van der Waals surface area contributed by atoms with Crippen LogP contribution < -0.4 is 25.6 Å². The van der Waals surface area contributed by atoms with Gasteiger partial charge in [-0.1, -0.05) is 22.0 Å². The molecule has 16 nitrogen and oxygen atoms in total. The molecule has 1 saturated heterocycles. The van der Waals surface area contributed by atoms with Crippen LogP contribution in [0.3, 0.4) is 0 Å². The maximum absolute atomic E-state index is 12.4. The minimum atomic E-state index is -2.59. The van der Waals surface area contributed by atoms with Gasteiger partial charge in [0.1, 0.15) is 24.5 Å². The minimum absolute atomic E-state index is 0.0143. The number of imidazole rings is 1. The van der Waals surface area contributed by atoms with Crippen LogP contribution in [-0.2, 0) is 14.3 Å². The van der Waals surface area contributed by atoms with Crippen molar-refractivity contribution in [3.63, 3.8) is 0 Å². The third-order valence-corrected chi connectivity index (χ3v) is 6.39. The molecule has 1 unspecified atom stereocenters. The van der Waals surface area contributed by atoms with Gasteiger partial charge in [-0.05, 0) is 31.5 Å². The Bertz CT molecular complexity index is 1390. The summed E-state index contributed by atoms with van der Waals surface area (Å²) in [7, 11) is -2.59. The zero-order chi connectivity index (χ0) is 27.2. The minimum Gasteiger partial charge on any atom is -0.575 e. The molecule has 0 amide bonds. The summed E-state index contributed by atoms with van der Waals surface area (Å²) in [6.45, 7) is 3.27. The molecule has 17 heteroatoms. The first kappa shape index (κ1) is 26.8. The van der Waals surface area contributed by atoms with Gasteiger partial charge in [-0.3, -0.25) is 9.09 Å². The number of ether oxygens (including phenoxy) is 3. The molecule has 1 fully saturated rings. The highest BCUT2D eigenvalue weighted by Gasteiger charge is 2.37. The molecule has 3 aromatic rings. The van der Waals surface area contributed by atoms with Crippen molar-refractivity contribution in [3.8, 4) is 11.5 Å². The Morgan fingerprint density at radius 1 is 1.37 bits per heavy atom. The highest BCUT2D eigenvalue weighted by atomic mass is 31.1. The Kier molecular flexibility index (Phi) is 8.38. The molecular formula is C21H25N10O6P. The van der Waals surface area contributed by atoms with Crippen LogP contribution in [0.2, 0.25) is 0 Å². The molecule has 0 aliphatic carbocycles. The fraction of sp³-hybridized carbons (Fsp3) is 0.429. The van der Waals surface area contributed by atoms with Crippen molar-refractivity contribution in [2.75, 3.05) is 24.7 Å². The van der Waals surface area contributed by atoms with Gasteiger partial charge in [0.05, 0.1) is 19.0 Å². The van der Waals surface area contributed by atoms with Crippen molar-refractivity contribution < 1.29 is 28.4 Å². The van der Waals surface area contributed by atoms with Crippen LogP contribution in [0.25, 0.3) is 21.6 Å². The summed E-state index contributed by atoms with van der Waals surface area (Å²) in [5.41, 5.74) is 21.4. The number of esters is 1. The normalized spacial score (nSPS) is 20.1. The summed E-state index contributed by atoms with van der Waals surface area (Å²) in [4.78, 5) is 39.4. The predicted octanol–water partition coefficient (Wildman–Crippen LogP) is 2.22. The van der Waals surface area contributed by atoms with E-state index in [4.69, 9.17) is 35.7 Å². The summed E-state index contributed by atoms with van der Waals surface area (Å²) in [5, 5.41) is 3.85. The molecule has 0 radical (unpaired) electrons. The van der Waals surface area contributed by atoms with E-state index in [2.05, 4.69) is 29.7 Å². The fourth-order valence-electron chi connectivity index (χ4n) is 3.77. The number of fused-ring (bicyclic) bond motifs is 1. The monoisotopic (exact) mass is 544 g/mol. The Morgan fingerprint density at radius 2 is 2.13 bits per heavy atom. The van der Waals surface area contributed by atoms with E-state index in [1.807, 2.05) is 0 Å². The molecule has 0 spiro atoms. The van der Waals surface area contributed by atoms with Crippen LogP contribution in [0.1, 0.15) is 26.5 Å². The molecule has 4 rings (SSSR count). The lowest BCUT2D eigenvalue weighted by Crippen LogP contribution is -2.26. The van der Waals surface area contributed by atoms with Gasteiger partial charge in [0.2, 0.25) is 11.7 Å². The van der Waals surface area contributed by atoms with Crippen molar-refractivity contribution in [2.45, 2.75) is 44.7 Å². The molecule has 1 aromatic carbocycles. The van der Waals surface area contributed by atoms with Crippen molar-refractivity contribution in [2.24, 2.45) is 9.86 Å². The van der Waals surface area contributed by atoms with Gasteiger partial charge < -0.3 is 30.6 Å². The number of carbonyl (C=O) groups excluding carboxylic acids is 1. The van der Waals surface area contributed by atoms with Crippen molar-refractivity contribution >= 4 is 37.1 Å². The molecular weight excluding hydrogens is 519 g/mol. The lowest BCUT2D eigenvalue weighted by atomic mass is 10.1. The number of azide groups is 1. The zero-order valence-corrected chi connectivity index (χ0v) is 21.3. The van der Waals surface area contributed by atoms with Crippen LogP contribution >= 0.6 is 8.17 Å². The highest BCUT2D eigenvalue weighted by Crippen LogP contribution is 2.36. The molecule has 0 bridgehead atoms. The quantitative estimate of drug-likeness (QED) is 0.123. The summed E-state index contributed by atoms with van der Waals surface area (Å²) in [6, 6.07) is 4.97. The van der Waals surface area contributed by atoms with E-state index in [0.717, 1.165) is 0 Å². The lowest BCUT2D eigenvalue weighted by molar-refractivity contribution is -0.169. The third kappa shape index (κ3) is 6.01. The van der Waals surface area contributed by atoms with Gasteiger partial charge in [-0.2, -0.15) is 9.97 Å². The Balaban J connectivity index is 1.47. The average molecular weight is 544 g/mol. The van der Waals surface area contributed by atoms with Crippen LogP contribution in [-0.4, -0.2) is 56.9 Å². The van der Waals surface area contributed by atoms with Gasteiger partial charge >= 0.3 is 14.1 Å². The number of benzene rings is 1. The third-order valence-electron chi connectivity index (χ3n) is 5.50. The van der Waals surface area contributed by atoms with E-state index in [1.165, 1.54) is 13.3 Å². The molecule has 1 aliphatic heterocycles. The number of nitrogens with zero attached hydrogens (tertiary/aromatic N) is 8. The summed E-state index contributed by atoms with van der Waals surface area (Å²) >= 11 is 0. The molecule has 1 aliphatic rings. The van der Waals surface area contributed by atoms with Crippen LogP contribution in [0.15, 0.2) is 40.5 Å². The van der Waals surface area contributed by atoms with Gasteiger partial charge in [-0.25, -0.2) is 9.78 Å². The van der Waals surface area contributed by atoms with Crippen molar-refractivity contribution in [1.82, 2.24) is 19.5 Å². The number of aromatic nitrogens is 4. The first-order valence-corrected chi connectivity index (χ1v) is 12.6. The van der Waals surface area contributed by atoms with Gasteiger partial charge in [0.25, 0.3) is 0 Å². The van der Waals surface area contributed by atoms with Crippen LogP contribution in [0.5, 0.6) is 11.5 Å². The van der Waals surface area contributed by atoms with E-state index in [-0.39, 0.29) is 36.5 Å². The molecule has 3 heterocycles. The first-order chi connectivity index (χ1) is 18.3. The number of hydrogen-bond donors (Lipinski definition) is 2. The topological polar surface area (TPSA) is 234 Å². The second-order valence-corrected chi connectivity index (χ2v) is 8.95. The first-order valence-electron chi connectivity index (χ1n) is 11.5. The number of nitrogens with two attached hydrogens (primary N) is 2. The molecule has 200 valence electrons. The number of rotatable bonds is 10. The summed E-state index contributed by atoms with van der Waals surface area (Å²) in [6.07, 6.45) is 0.556. The lowest BCUT2D eigenvalue weighted by Gasteiger charge is -2.17. The van der Waals surface area contributed by atoms with Crippen molar-refractivity contribution in [3.05, 3.63) is 41.0 Å². The second kappa shape index (κ2) is 11.9. The second-order valence-electron chi connectivity index (χ2n) is 8.06. The number of anilines is 2. The number of para-hydroxylation sites is 2. The van der Waals surface area contributed by atoms with E-state index in [0.29, 0.717) is 17.6 Å². The molecule has 0 saturated carbocycles. The van der Waals surface area contributed by atoms with Gasteiger partial charge in [0, 0.05) is 11.3 Å². The molecule has 5 atom stereocenters. The molecule has 38 heavy (non-hydrogen) atoms. The molecule has 4 N–H and O–H groups in total. The highest BCUT2D eigenvalue weighted by molar-refractivity contribution is 7.34. The standard InChI is InChI=1S/C21H25N10O6P/c1-3-34-20(32)11(2)29-38(33)37-14-7-5-4-6-13(14)35-9-15-12(28-30-24)8-16(36-15)31-10-25-17-18(22)26-21(23)27-19(17)31/h4-7,10-12,15-16H,3,8-9H2,1-2H3,(H4,22,23,26,27)/t11-,12+,15-,16-/m1/s1. The Morgan fingerprint density at radius 3 is 2.87 bits per heavy atom. The van der Waals surface area contributed by atoms with Crippen LogP contribution in [0.4, 0.5) is 11.8 Å². The fourth-order valence-corrected chi connectivity index (χ4v) is 4.51. The van der Waals surface area contributed by atoms with E-state index in [1.54, 1.807) is 35.8 Å². The van der Waals surface area contributed by atoms with Crippen LogP contribution in [0, 0.1) is 0 Å². The largest absolute Gasteiger partial charge is 0.575 e. The van der Waals surface area contributed by atoms with E-state index in [9.17, 15) is 9.69 Å². The number of hydrogen-bond acceptors (Lipinski definition) is 13. The Labute approximate surface area is 217 Å². The van der Waals surface area contributed by atoms with E-state index >= 15 is 0 Å². The maximum atomic E-state index is 12.4. The predicted molar refractivity (Wildman–Crippen MR) is 134 cm³/mol. The van der Waals surface area contributed by atoms with Gasteiger partial charge in [-0.15, -0.1) is 0 Å². The zero-order valence-electron chi connectivity index (χ0n) is 20.4.